The van der Waals surface area contributed by atoms with E-state index >= 15 is 0 Å². The van der Waals surface area contributed by atoms with Crippen molar-refractivity contribution in [2.45, 2.75) is 175 Å². The topological polar surface area (TPSA) is 103 Å². The molecule has 10 nitrogen and oxygen atoms in total. The van der Waals surface area contributed by atoms with Crippen LogP contribution >= 0.6 is 0 Å². The highest BCUT2D eigenvalue weighted by molar-refractivity contribution is 5.94. The second kappa shape index (κ2) is 41.6. The van der Waals surface area contributed by atoms with Crippen molar-refractivity contribution in [1.82, 2.24) is 15.0 Å². The van der Waals surface area contributed by atoms with Crippen LogP contribution in [0.5, 0.6) is 5.75 Å². The van der Waals surface area contributed by atoms with Crippen molar-refractivity contribution in [2.75, 3.05) is 33.0 Å². The van der Waals surface area contributed by atoms with Gasteiger partial charge in [-0.05, 0) is 253 Å². The Morgan fingerprint density at radius 2 is 0.667 bits per heavy atom. The lowest BCUT2D eigenvalue weighted by molar-refractivity contribution is -0.169. The number of aromatic nitrogens is 3. The monoisotopic (exact) mass is 1460 g/mol. The minimum Gasteiger partial charge on any atom is -0.494 e. The van der Waals surface area contributed by atoms with Crippen molar-refractivity contribution in [1.29, 1.82) is 0 Å². The zero-order valence-electron chi connectivity index (χ0n) is 64.4. The highest BCUT2D eigenvalue weighted by Crippen LogP contribution is 2.28. The third-order valence-electron chi connectivity index (χ3n) is 19.5. The standard InChI is InChI=1S/C101H97N3O7/c1-4-7-10-15-49-105-71-87-58-81-31-27-77-41-47-96(102-69-77)98-21-20-22-99(104-98)97-48-42-78(70-103-97)28-32-82-57-84(61-88(59-82)72-106-50-16-11-8-5-2)34-36-86-55-80(63-90(65-86)74-111-101-24-14-19-53-109-101)30-26-76-39-45-92(46-40-76)94-66-93(67-95(68-94)107-51-17-12-9-6-3)91-43-37-75(38-44-91)25-29-79-54-85(35-33-83(56-81)60-87)64-89(62-79)73-110-100-23-13-18-52-108-100/h20-22,37-48,54-70,100-101H,4-19,23-24,49-53,71-74H2,1-3H3. The summed E-state index contributed by atoms with van der Waals surface area (Å²) in [5, 5.41) is 14.1. The number of pyridine rings is 3. The quantitative estimate of drug-likeness (QED) is 0.0487. The fraction of sp³-hybridized carbons (Fsp3) is 0.317. The van der Waals surface area contributed by atoms with E-state index in [0.29, 0.717) is 70.5 Å². The third kappa shape index (κ3) is 24.7. The van der Waals surface area contributed by atoms with Gasteiger partial charge in [-0.25, -0.2) is 4.98 Å². The largest absolute Gasteiger partial charge is 0.494 e. The number of unbranched alkanes of at least 4 members (excludes halogenated alkanes) is 9. The SMILES string of the molecule is CCCCCCOCc1cc2c#cc3ccc(nc3)c3cccc(n3)c3ccc(c#cc4cc(COCCCCCC)cc(c#cc5cc(COC6CCCCO6)cc(c#cc6ccc(cc6)c6cc(OCCCCCC)cc(c6)c6ccc(c#cc7cc(COC8CCCCO8)cc(c#cc(c1)c2)c7)cc6)c5)c4)cn3. The Kier molecular flexibility index (Phi) is 29.3. The van der Waals surface area contributed by atoms with Gasteiger partial charge in [-0.2, -0.15) is 0 Å². The van der Waals surface area contributed by atoms with Crippen molar-refractivity contribution in [2.24, 2.45) is 0 Å². The van der Waals surface area contributed by atoms with Crippen LogP contribution in [0.1, 0.15) is 159 Å². The zero-order valence-corrected chi connectivity index (χ0v) is 64.4. The molecule has 2 aliphatic rings. The van der Waals surface area contributed by atoms with Gasteiger partial charge >= 0.3 is 0 Å². The first-order chi connectivity index (χ1) is 54.8. The molecule has 111 heavy (non-hydrogen) atoms. The second-order valence-electron chi connectivity index (χ2n) is 28.7. The summed E-state index contributed by atoms with van der Waals surface area (Å²) in [6.07, 6.45) is 22.5. The normalized spacial score (nSPS) is 13.8. The molecular formula is C101H97N3O7. The van der Waals surface area contributed by atoms with E-state index in [2.05, 4.69) is 221 Å². The lowest BCUT2D eigenvalue weighted by atomic mass is 10.1. The van der Waals surface area contributed by atoms with Gasteiger partial charge in [0.15, 0.2) is 12.6 Å². The lowest BCUT2D eigenvalue weighted by Gasteiger charge is -2.22. The van der Waals surface area contributed by atoms with Gasteiger partial charge in [-0.1, -0.05) is 182 Å². The van der Waals surface area contributed by atoms with Crippen molar-refractivity contribution in [3.05, 3.63) is 289 Å². The Hall–Kier alpha value is -11.1. The van der Waals surface area contributed by atoms with Crippen LogP contribution in [0.2, 0.25) is 0 Å². The average Bonchev–Trinajstić information content (AvgIpc) is 0.820. The molecular weight excluding hydrogens is 1370 g/mol. The van der Waals surface area contributed by atoms with Crippen LogP contribution in [0.25, 0.3) is 108 Å². The van der Waals surface area contributed by atoms with E-state index in [4.69, 9.17) is 48.1 Å². The van der Waals surface area contributed by atoms with E-state index < -0.39 is 0 Å². The molecule has 2 unspecified atom stereocenters. The van der Waals surface area contributed by atoms with E-state index in [1.54, 1.807) is 12.4 Å². The molecule has 2 aliphatic heterocycles. The number of rotatable bonds is 26. The maximum Gasteiger partial charge on any atom is 0.158 e. The molecule has 2 atom stereocenters. The molecule has 0 amide bonds. The Labute approximate surface area is 656 Å². The molecule has 2 saturated heterocycles. The Morgan fingerprint density at radius 3 is 1.02 bits per heavy atom. The van der Waals surface area contributed by atoms with E-state index in [1.165, 1.54) is 32.1 Å². The first-order valence-electron chi connectivity index (χ1n) is 40.0. The number of benzene rings is 7. The van der Waals surface area contributed by atoms with Crippen LogP contribution in [-0.2, 0) is 54.8 Å². The van der Waals surface area contributed by atoms with Crippen molar-refractivity contribution in [3.8, 4) is 5.75 Å². The minimum atomic E-state index is -0.249. The van der Waals surface area contributed by atoms with Crippen molar-refractivity contribution < 1.29 is 33.2 Å². The van der Waals surface area contributed by atoms with E-state index in [9.17, 15) is 0 Å². The summed E-state index contributed by atoms with van der Waals surface area (Å²) in [7, 11) is 0. The predicted molar refractivity (Wildman–Crippen MR) is 449 cm³/mol. The molecule has 2 fully saturated rings. The summed E-state index contributed by atoms with van der Waals surface area (Å²) in [4.78, 5) is 14.7. The van der Waals surface area contributed by atoms with Gasteiger partial charge in [0.1, 0.15) is 5.75 Å². The molecule has 10 heteroatoms. The number of hydrogen-bond donors (Lipinski definition) is 0. The fourth-order valence-electron chi connectivity index (χ4n) is 13.4. The molecule has 7 aromatic carbocycles. The smallest absolute Gasteiger partial charge is 0.158 e. The van der Waals surface area contributed by atoms with Crippen LogP contribution in [0.15, 0.2) is 194 Å². The van der Waals surface area contributed by atoms with E-state index in [-0.39, 0.29) is 12.6 Å². The van der Waals surface area contributed by atoms with Crippen LogP contribution in [-0.4, -0.2) is 60.6 Å². The van der Waals surface area contributed by atoms with Gasteiger partial charge in [-0.3, -0.25) is 9.97 Å². The van der Waals surface area contributed by atoms with Crippen LogP contribution in [0, 0.1) is 72.8 Å². The summed E-state index contributed by atoms with van der Waals surface area (Å²) < 4.78 is 43.8. The van der Waals surface area contributed by atoms with Crippen molar-refractivity contribution in [3.63, 3.8) is 0 Å². The first kappa shape index (κ1) is 78.0. The summed E-state index contributed by atoms with van der Waals surface area (Å²) in [5.41, 5.74) is 6.80. The molecule has 20 bridgehead atoms. The molecule has 10 aromatic heterocycles. The summed E-state index contributed by atoms with van der Waals surface area (Å²) in [5.74, 6) is 0.828. The van der Waals surface area contributed by atoms with Crippen LogP contribution in [0.3, 0.4) is 0 Å². The first-order valence-corrected chi connectivity index (χ1v) is 40.0. The van der Waals surface area contributed by atoms with Crippen LogP contribution in [0.4, 0.5) is 0 Å². The zero-order chi connectivity index (χ0) is 75.9. The highest BCUT2D eigenvalue weighted by Gasteiger charge is 2.16. The third-order valence-corrected chi connectivity index (χ3v) is 19.5. The van der Waals surface area contributed by atoms with E-state index in [0.717, 1.165) is 209 Å². The fourth-order valence-corrected chi connectivity index (χ4v) is 13.4. The lowest BCUT2D eigenvalue weighted by Crippen LogP contribution is -2.21. The predicted octanol–water partition coefficient (Wildman–Crippen LogP) is 24.6. The maximum absolute atomic E-state index is 6.55. The molecule has 558 valence electrons. The van der Waals surface area contributed by atoms with Gasteiger partial charge in [0.05, 0.1) is 55.1 Å². The summed E-state index contributed by atoms with van der Waals surface area (Å²) >= 11 is 0. The van der Waals surface area contributed by atoms with Crippen molar-refractivity contribution >= 4 is 108 Å². The molecule has 0 spiro atoms. The van der Waals surface area contributed by atoms with Crippen LogP contribution < -0.4 is 4.74 Å². The maximum atomic E-state index is 6.55. The minimum absolute atomic E-state index is 0.249. The van der Waals surface area contributed by atoms with Gasteiger partial charge in [-0.15, -0.1) is 0 Å². The molecule has 0 radical (unpaired) electrons. The molecule has 12 heterocycles. The average molecular weight is 1460 g/mol. The van der Waals surface area contributed by atoms with Gasteiger partial charge in [0.25, 0.3) is 0 Å². The molecule has 0 aliphatic carbocycles. The highest BCUT2D eigenvalue weighted by atomic mass is 16.7. The van der Waals surface area contributed by atoms with Gasteiger partial charge < -0.3 is 33.2 Å². The van der Waals surface area contributed by atoms with Gasteiger partial charge in [0.2, 0.25) is 0 Å². The molecule has 19 rings (SSSR count). The Morgan fingerprint density at radius 1 is 0.315 bits per heavy atom. The summed E-state index contributed by atoms with van der Waals surface area (Å²) in [6.45, 7) is 11.7. The number of nitrogens with zero attached hydrogens (tertiary/aromatic N) is 3. The van der Waals surface area contributed by atoms with Gasteiger partial charge in [0, 0.05) is 103 Å². The Bertz CT molecular complexity index is 5060. The molecule has 0 saturated carbocycles. The number of hydrogen-bond acceptors (Lipinski definition) is 10. The molecule has 17 aromatic rings. The second-order valence-corrected chi connectivity index (χ2v) is 28.7. The Balaban J connectivity index is 0.929. The number of ether oxygens (including phenoxy) is 7. The summed E-state index contributed by atoms with van der Waals surface area (Å²) in [6, 6.07) is 104. The molecule has 0 N–H and O–H groups in total. The van der Waals surface area contributed by atoms with E-state index in [1.807, 2.05) is 54.6 Å².